The first-order valence-corrected chi connectivity index (χ1v) is 8.84. The van der Waals surface area contributed by atoms with Gasteiger partial charge in [0.05, 0.1) is 22.9 Å². The number of anilines is 1. The van der Waals surface area contributed by atoms with E-state index in [1.165, 1.54) is 11.3 Å². The first kappa shape index (κ1) is 18.2. The van der Waals surface area contributed by atoms with Gasteiger partial charge in [0.2, 0.25) is 0 Å². The van der Waals surface area contributed by atoms with Gasteiger partial charge < -0.3 is 20.9 Å². The number of thiophene rings is 1. The van der Waals surface area contributed by atoms with Crippen molar-refractivity contribution < 1.29 is 14.6 Å². The van der Waals surface area contributed by atoms with E-state index < -0.39 is 17.6 Å². The quantitative estimate of drug-likeness (QED) is 0.769. The van der Waals surface area contributed by atoms with Gasteiger partial charge in [-0.1, -0.05) is 13.8 Å². The van der Waals surface area contributed by atoms with Crippen LogP contribution in [0.5, 0.6) is 0 Å². The van der Waals surface area contributed by atoms with Gasteiger partial charge in [-0.05, 0) is 39.2 Å². The summed E-state index contributed by atoms with van der Waals surface area (Å²) in [7, 11) is 0. The van der Waals surface area contributed by atoms with Crippen molar-refractivity contribution in [2.75, 3.05) is 11.9 Å². The normalized spacial score (nSPS) is 20.2. The molecule has 0 bridgehead atoms. The molecule has 130 valence electrons. The zero-order chi connectivity index (χ0) is 17.6. The Morgan fingerprint density at radius 1 is 1.39 bits per heavy atom. The topological polar surface area (TPSA) is 84.6 Å². The van der Waals surface area contributed by atoms with Gasteiger partial charge in [0.25, 0.3) is 5.91 Å². The highest BCUT2D eigenvalue weighted by Gasteiger charge is 2.42. The molecule has 0 fully saturated rings. The van der Waals surface area contributed by atoms with Crippen LogP contribution in [0.2, 0.25) is 0 Å². The average Bonchev–Trinajstić information content (AvgIpc) is 2.72. The second-order valence-electron chi connectivity index (χ2n) is 7.72. The van der Waals surface area contributed by atoms with Crippen LogP contribution < -0.4 is 11.1 Å². The molecule has 0 radical (unpaired) electrons. The summed E-state index contributed by atoms with van der Waals surface area (Å²) >= 11 is 1.50. The summed E-state index contributed by atoms with van der Waals surface area (Å²) in [6.45, 7) is 12.4. The van der Waals surface area contributed by atoms with Crippen molar-refractivity contribution in [1.29, 1.82) is 0 Å². The van der Waals surface area contributed by atoms with E-state index in [0.29, 0.717) is 18.5 Å². The molecule has 1 aromatic rings. The van der Waals surface area contributed by atoms with Crippen LogP contribution in [0.3, 0.4) is 0 Å². The van der Waals surface area contributed by atoms with Gasteiger partial charge in [-0.15, -0.1) is 11.3 Å². The highest BCUT2D eigenvalue weighted by atomic mass is 32.1. The maximum Gasteiger partial charge on any atom is 0.251 e. The molecule has 5 nitrogen and oxygen atoms in total. The van der Waals surface area contributed by atoms with Gasteiger partial charge in [-0.2, -0.15) is 0 Å². The highest BCUT2D eigenvalue weighted by molar-refractivity contribution is 7.17. The number of carbonyl (C=O) groups excluding carboxylic acids is 1. The van der Waals surface area contributed by atoms with E-state index in [0.717, 1.165) is 15.4 Å². The van der Waals surface area contributed by atoms with Crippen LogP contribution in [-0.4, -0.2) is 29.3 Å². The number of fused-ring (bicyclic) bond motifs is 1. The fourth-order valence-corrected chi connectivity index (χ4v) is 4.41. The molecular formula is C17H28N2O3S. The van der Waals surface area contributed by atoms with Crippen LogP contribution in [0.15, 0.2) is 0 Å². The van der Waals surface area contributed by atoms with Crippen molar-refractivity contribution in [2.45, 2.75) is 65.3 Å². The summed E-state index contributed by atoms with van der Waals surface area (Å²) < 4.78 is 6.18. The largest absolute Gasteiger partial charge is 0.391 e. The Labute approximate surface area is 142 Å². The number of primary amides is 1. The number of nitrogens with one attached hydrogen (secondary N) is 1. The van der Waals surface area contributed by atoms with E-state index in [1.54, 1.807) is 0 Å². The molecule has 1 unspecified atom stereocenters. The number of amides is 1. The third-order valence-electron chi connectivity index (χ3n) is 4.18. The summed E-state index contributed by atoms with van der Waals surface area (Å²) in [5.41, 5.74) is 6.35. The van der Waals surface area contributed by atoms with Crippen LogP contribution in [0.1, 0.15) is 62.3 Å². The molecule has 1 atom stereocenters. The van der Waals surface area contributed by atoms with E-state index in [1.807, 2.05) is 41.5 Å². The maximum atomic E-state index is 12.0. The van der Waals surface area contributed by atoms with E-state index >= 15 is 0 Å². The molecule has 1 aromatic heterocycles. The molecule has 0 aliphatic carbocycles. The van der Waals surface area contributed by atoms with Crippen LogP contribution in [-0.2, 0) is 16.8 Å². The predicted octanol–water partition coefficient (Wildman–Crippen LogP) is 2.86. The molecule has 6 heteroatoms. The molecule has 2 rings (SSSR count). The summed E-state index contributed by atoms with van der Waals surface area (Å²) in [6.07, 6.45) is 0.171. The minimum Gasteiger partial charge on any atom is -0.391 e. The zero-order valence-corrected chi connectivity index (χ0v) is 15.6. The van der Waals surface area contributed by atoms with E-state index in [-0.39, 0.29) is 11.5 Å². The predicted molar refractivity (Wildman–Crippen MR) is 94.1 cm³/mol. The Hall–Kier alpha value is -1.11. The van der Waals surface area contributed by atoms with Crippen LogP contribution in [0, 0.1) is 5.92 Å². The number of ether oxygens (including phenoxy) is 1. The number of rotatable bonds is 5. The lowest BCUT2D eigenvalue weighted by Crippen LogP contribution is -2.42. The first-order valence-electron chi connectivity index (χ1n) is 8.02. The summed E-state index contributed by atoms with van der Waals surface area (Å²) in [6, 6.07) is 0. The van der Waals surface area contributed by atoms with Gasteiger partial charge in [0.15, 0.2) is 0 Å². The lowest BCUT2D eigenvalue weighted by atomic mass is 9.86. The summed E-state index contributed by atoms with van der Waals surface area (Å²) in [4.78, 5) is 13.1. The zero-order valence-electron chi connectivity index (χ0n) is 14.8. The van der Waals surface area contributed by atoms with Crippen molar-refractivity contribution in [3.8, 4) is 0 Å². The molecule has 0 spiro atoms. The van der Waals surface area contributed by atoms with Gasteiger partial charge in [0.1, 0.15) is 5.00 Å². The monoisotopic (exact) mass is 340 g/mol. The number of hydrogen-bond donors (Lipinski definition) is 3. The third-order valence-corrected chi connectivity index (χ3v) is 5.67. The molecule has 0 saturated carbocycles. The lowest BCUT2D eigenvalue weighted by molar-refractivity contribution is -0.135. The average molecular weight is 340 g/mol. The standard InChI is InChI=1S/C17H28N2O3S/c1-9(2)11(20)8-19-15-12(14(18)21)10-7-16(3,4)22-17(5,6)13(10)23-15/h9,11,19-20H,7-8H2,1-6H3,(H2,18,21). The van der Waals surface area contributed by atoms with E-state index in [4.69, 9.17) is 10.5 Å². The smallest absolute Gasteiger partial charge is 0.251 e. The second-order valence-corrected chi connectivity index (χ2v) is 8.74. The molecule has 4 N–H and O–H groups in total. The minimum atomic E-state index is -0.476. The fourth-order valence-electron chi connectivity index (χ4n) is 3.14. The second kappa shape index (κ2) is 6.07. The van der Waals surface area contributed by atoms with Crippen molar-refractivity contribution in [3.63, 3.8) is 0 Å². The number of carbonyl (C=O) groups is 1. The number of aliphatic hydroxyl groups is 1. The molecule has 23 heavy (non-hydrogen) atoms. The Balaban J connectivity index is 2.42. The molecule has 1 aliphatic heterocycles. The Bertz CT molecular complexity index is 605. The molecule has 2 heterocycles. The molecule has 1 amide bonds. The maximum absolute atomic E-state index is 12.0. The molecule has 0 aromatic carbocycles. The molecular weight excluding hydrogens is 312 g/mol. The van der Waals surface area contributed by atoms with Crippen molar-refractivity contribution >= 4 is 22.2 Å². The van der Waals surface area contributed by atoms with Crippen molar-refractivity contribution in [1.82, 2.24) is 0 Å². The van der Waals surface area contributed by atoms with Crippen LogP contribution in [0.25, 0.3) is 0 Å². The summed E-state index contributed by atoms with van der Waals surface area (Å²) in [5, 5.41) is 14.0. The van der Waals surface area contributed by atoms with Crippen molar-refractivity contribution in [2.24, 2.45) is 11.7 Å². The Kier molecular flexibility index (Phi) is 4.81. The SMILES string of the molecule is CC(C)C(O)CNc1sc2c(c1C(N)=O)CC(C)(C)OC2(C)C. The van der Waals surface area contributed by atoms with E-state index in [9.17, 15) is 9.90 Å². The summed E-state index contributed by atoms with van der Waals surface area (Å²) in [5.74, 6) is -0.287. The van der Waals surface area contributed by atoms with Gasteiger partial charge >= 0.3 is 0 Å². The van der Waals surface area contributed by atoms with E-state index in [2.05, 4.69) is 5.32 Å². The minimum absolute atomic E-state index is 0.146. The number of hydrogen-bond acceptors (Lipinski definition) is 5. The number of nitrogens with two attached hydrogens (primary N) is 1. The fraction of sp³-hybridized carbons (Fsp3) is 0.706. The highest BCUT2D eigenvalue weighted by Crippen LogP contribution is 2.48. The molecule has 1 aliphatic rings. The van der Waals surface area contributed by atoms with Crippen LogP contribution in [0.4, 0.5) is 5.00 Å². The first-order chi connectivity index (χ1) is 10.4. The third kappa shape index (κ3) is 3.70. The Morgan fingerprint density at radius 3 is 2.52 bits per heavy atom. The van der Waals surface area contributed by atoms with Crippen LogP contribution >= 0.6 is 11.3 Å². The number of aliphatic hydroxyl groups excluding tert-OH is 1. The van der Waals surface area contributed by atoms with Gasteiger partial charge in [-0.25, -0.2) is 0 Å². The lowest BCUT2D eigenvalue weighted by Gasteiger charge is -2.41. The van der Waals surface area contributed by atoms with Gasteiger partial charge in [0, 0.05) is 17.8 Å². The molecule has 0 saturated heterocycles. The van der Waals surface area contributed by atoms with Crippen molar-refractivity contribution in [3.05, 3.63) is 16.0 Å². The van der Waals surface area contributed by atoms with Gasteiger partial charge in [-0.3, -0.25) is 4.79 Å². The Morgan fingerprint density at radius 2 is 2.00 bits per heavy atom.